The molecule has 0 fully saturated rings. The fourth-order valence-corrected chi connectivity index (χ4v) is 3.67. The molecule has 0 radical (unpaired) electrons. The predicted octanol–water partition coefficient (Wildman–Crippen LogP) is 3.53. The zero-order valence-electron chi connectivity index (χ0n) is 15.7. The molecular weight excluding hydrogens is 399 g/mol. The van der Waals surface area contributed by atoms with Gasteiger partial charge in [0.05, 0.1) is 29.7 Å². The zero-order valence-corrected chi connectivity index (χ0v) is 15.7. The van der Waals surface area contributed by atoms with Crippen molar-refractivity contribution in [3.05, 3.63) is 57.9 Å². The van der Waals surface area contributed by atoms with E-state index in [9.17, 15) is 28.0 Å². The lowest BCUT2D eigenvalue weighted by molar-refractivity contribution is -0.141. The summed E-state index contributed by atoms with van der Waals surface area (Å²) in [5, 5.41) is 20.1. The van der Waals surface area contributed by atoms with E-state index in [0.29, 0.717) is 6.42 Å². The van der Waals surface area contributed by atoms with Crippen LogP contribution in [-0.2, 0) is 14.3 Å². The normalized spacial score (nSPS) is 18.8. The average molecular weight is 415 g/mol. The molecule has 1 aromatic rings. The van der Waals surface area contributed by atoms with Crippen LogP contribution in [0, 0.1) is 22.7 Å². The van der Waals surface area contributed by atoms with E-state index in [2.05, 4.69) is 5.32 Å². The van der Waals surface area contributed by atoms with Crippen molar-refractivity contribution in [3.63, 3.8) is 0 Å². The number of ketones is 1. The third kappa shape index (κ3) is 4.06. The first kappa shape index (κ1) is 21.1. The average Bonchev–Trinajstić information content (AvgIpc) is 2.72. The van der Waals surface area contributed by atoms with Crippen LogP contribution in [0.3, 0.4) is 0 Å². The number of benzene rings is 1. The summed E-state index contributed by atoms with van der Waals surface area (Å²) in [5.74, 6) is -2.95. The molecule has 0 aromatic heterocycles. The molecule has 154 valence electrons. The van der Waals surface area contributed by atoms with E-state index in [1.165, 1.54) is 24.3 Å². The Labute approximate surface area is 170 Å². The molecule has 1 heterocycles. The Bertz CT molecular complexity index is 1040. The van der Waals surface area contributed by atoms with Gasteiger partial charge in [0.15, 0.2) is 5.78 Å². The maximum absolute atomic E-state index is 13.9. The Hall–Kier alpha value is -3.59. The number of carbonyl (C=O) groups is 2. The number of dihydropyridines is 1. The highest BCUT2D eigenvalue weighted by atomic mass is 19.4. The van der Waals surface area contributed by atoms with Gasteiger partial charge in [-0.15, -0.1) is 0 Å². The van der Waals surface area contributed by atoms with Crippen molar-refractivity contribution in [3.8, 4) is 12.1 Å². The van der Waals surface area contributed by atoms with Crippen LogP contribution in [0.4, 0.5) is 13.2 Å². The van der Waals surface area contributed by atoms with Gasteiger partial charge in [0.1, 0.15) is 12.3 Å². The summed E-state index contributed by atoms with van der Waals surface area (Å²) in [6.45, 7) is -0.380. The van der Waals surface area contributed by atoms with Crippen LogP contribution >= 0.6 is 0 Å². The van der Waals surface area contributed by atoms with Gasteiger partial charge in [-0.25, -0.2) is 4.79 Å². The monoisotopic (exact) mass is 415 g/mol. The van der Waals surface area contributed by atoms with E-state index in [-0.39, 0.29) is 54.0 Å². The van der Waals surface area contributed by atoms with Gasteiger partial charge in [-0.1, -0.05) is 12.1 Å². The number of halogens is 3. The minimum absolute atomic E-state index is 0.0802. The Morgan fingerprint density at radius 3 is 2.70 bits per heavy atom. The number of hydrogen-bond acceptors (Lipinski definition) is 6. The van der Waals surface area contributed by atoms with Crippen LogP contribution in [0.25, 0.3) is 0 Å². The largest absolute Gasteiger partial charge is 0.461 e. The summed E-state index contributed by atoms with van der Waals surface area (Å²) in [6.07, 6.45) is -4.33. The first-order valence-corrected chi connectivity index (χ1v) is 9.16. The fourth-order valence-electron chi connectivity index (χ4n) is 3.67. The van der Waals surface area contributed by atoms with Gasteiger partial charge in [-0.05, 0) is 30.5 Å². The van der Waals surface area contributed by atoms with Crippen LogP contribution in [0.15, 0.2) is 46.8 Å². The molecule has 9 heteroatoms. The molecular formula is C21H16F3N3O3. The molecule has 1 atom stereocenters. The molecule has 30 heavy (non-hydrogen) atoms. The van der Waals surface area contributed by atoms with Gasteiger partial charge in [-0.2, -0.15) is 23.7 Å². The molecule has 1 aliphatic carbocycles. The third-order valence-electron chi connectivity index (χ3n) is 4.88. The number of hydrogen-bond donors (Lipinski definition) is 1. The van der Waals surface area contributed by atoms with E-state index < -0.39 is 29.3 Å². The molecule has 3 rings (SSSR count). The van der Waals surface area contributed by atoms with E-state index in [1.54, 1.807) is 6.07 Å². The summed E-state index contributed by atoms with van der Waals surface area (Å²) in [5.41, 5.74) is -1.43. The smallest absolute Gasteiger partial charge is 0.431 e. The van der Waals surface area contributed by atoms with Gasteiger partial charge >= 0.3 is 12.1 Å². The Morgan fingerprint density at radius 1 is 1.27 bits per heavy atom. The second-order valence-electron chi connectivity index (χ2n) is 6.79. The van der Waals surface area contributed by atoms with E-state index in [0.717, 1.165) is 0 Å². The molecule has 0 saturated heterocycles. The fraction of sp³-hybridized carbons (Fsp3) is 0.333. The SMILES string of the molecule is N#CCCOC(=O)C1=C(C(F)(F)F)NC2=C(C(=O)CCC2)C1c1cccc(C#N)c1. The van der Waals surface area contributed by atoms with Crippen molar-refractivity contribution in [1.29, 1.82) is 10.5 Å². The first-order chi connectivity index (χ1) is 14.3. The summed E-state index contributed by atoms with van der Waals surface area (Å²) in [7, 11) is 0. The number of ether oxygens (including phenoxy) is 1. The van der Waals surface area contributed by atoms with Gasteiger partial charge < -0.3 is 10.1 Å². The Balaban J connectivity index is 2.23. The lowest BCUT2D eigenvalue weighted by Gasteiger charge is -2.35. The second-order valence-corrected chi connectivity index (χ2v) is 6.79. The number of rotatable bonds is 4. The van der Waals surface area contributed by atoms with Crippen molar-refractivity contribution in [2.24, 2.45) is 0 Å². The number of nitrogens with one attached hydrogen (secondary N) is 1. The summed E-state index contributed by atoms with van der Waals surface area (Å²) in [4.78, 5) is 25.4. The number of allylic oxidation sites excluding steroid dienone is 3. The van der Waals surface area contributed by atoms with Crippen LogP contribution in [-0.4, -0.2) is 24.5 Å². The molecule has 1 N–H and O–H groups in total. The third-order valence-corrected chi connectivity index (χ3v) is 4.88. The lowest BCUT2D eigenvalue weighted by atomic mass is 9.75. The molecule has 0 spiro atoms. The summed E-state index contributed by atoms with van der Waals surface area (Å²) >= 11 is 0. The highest BCUT2D eigenvalue weighted by molar-refractivity contribution is 6.04. The number of esters is 1. The van der Waals surface area contributed by atoms with Gasteiger partial charge in [0, 0.05) is 23.6 Å². The van der Waals surface area contributed by atoms with Crippen LogP contribution in [0.1, 0.15) is 42.7 Å². The van der Waals surface area contributed by atoms with E-state index >= 15 is 0 Å². The number of alkyl halides is 3. The van der Waals surface area contributed by atoms with Crippen molar-refractivity contribution in [2.75, 3.05) is 6.61 Å². The quantitative estimate of drug-likeness (QED) is 0.596. The molecule has 1 aromatic carbocycles. The van der Waals surface area contributed by atoms with Crippen LogP contribution in [0.5, 0.6) is 0 Å². The molecule has 0 saturated carbocycles. The van der Waals surface area contributed by atoms with Crippen molar-refractivity contribution in [2.45, 2.75) is 37.8 Å². The van der Waals surface area contributed by atoms with Crippen LogP contribution < -0.4 is 5.32 Å². The number of carbonyl (C=O) groups excluding carboxylic acids is 2. The first-order valence-electron chi connectivity index (χ1n) is 9.16. The van der Waals surface area contributed by atoms with E-state index in [1.807, 2.05) is 6.07 Å². The predicted molar refractivity (Wildman–Crippen MR) is 97.2 cm³/mol. The summed E-state index contributed by atoms with van der Waals surface area (Å²) < 4.78 is 46.6. The molecule has 1 unspecified atom stereocenters. The van der Waals surface area contributed by atoms with Crippen LogP contribution in [0.2, 0.25) is 0 Å². The highest BCUT2D eigenvalue weighted by Gasteiger charge is 2.48. The van der Waals surface area contributed by atoms with Crippen molar-refractivity contribution >= 4 is 11.8 Å². The van der Waals surface area contributed by atoms with Crippen molar-refractivity contribution in [1.82, 2.24) is 5.32 Å². The Morgan fingerprint density at radius 2 is 2.03 bits per heavy atom. The maximum Gasteiger partial charge on any atom is 0.431 e. The molecule has 2 aliphatic rings. The molecule has 1 aliphatic heterocycles. The molecule has 0 bridgehead atoms. The van der Waals surface area contributed by atoms with Gasteiger partial charge in [-0.3, -0.25) is 4.79 Å². The van der Waals surface area contributed by atoms with E-state index in [4.69, 9.17) is 10.00 Å². The zero-order chi connectivity index (χ0) is 21.9. The minimum Gasteiger partial charge on any atom is -0.461 e. The molecule has 0 amide bonds. The topological polar surface area (TPSA) is 103 Å². The number of nitrogens with zero attached hydrogens (tertiary/aromatic N) is 2. The number of Topliss-reactive ketones (excluding diaryl/α,β-unsaturated/α-hetero) is 1. The number of nitriles is 2. The minimum atomic E-state index is -4.91. The molecule has 6 nitrogen and oxygen atoms in total. The summed E-state index contributed by atoms with van der Waals surface area (Å²) in [6, 6.07) is 9.44. The van der Waals surface area contributed by atoms with Crippen molar-refractivity contribution < 1.29 is 27.5 Å². The standard InChI is InChI=1S/C21H16F3N3O3/c22-21(23,24)19-18(20(29)30-9-3-8-25)16(13-5-1-4-12(10-13)11-26)17-14(27-19)6-2-7-15(17)28/h1,4-5,10,16,27H,2-3,6-7,9H2. The Kier molecular flexibility index (Phi) is 5.93. The van der Waals surface area contributed by atoms with Gasteiger partial charge in [0.2, 0.25) is 0 Å². The lowest BCUT2D eigenvalue weighted by Crippen LogP contribution is -2.40. The second kappa shape index (κ2) is 8.42. The highest BCUT2D eigenvalue weighted by Crippen LogP contribution is 2.45. The maximum atomic E-state index is 13.9. The van der Waals surface area contributed by atoms with Gasteiger partial charge in [0.25, 0.3) is 0 Å².